The lowest BCUT2D eigenvalue weighted by atomic mass is 9.87. The first-order valence-corrected chi connectivity index (χ1v) is 14.3. The number of aromatic nitrogens is 1. The van der Waals surface area contributed by atoms with E-state index in [4.69, 9.17) is 14.2 Å². The van der Waals surface area contributed by atoms with Crippen molar-refractivity contribution >= 4 is 53.8 Å². The fourth-order valence-electron chi connectivity index (χ4n) is 5.38. The normalized spacial score (nSPS) is 15.6. The van der Waals surface area contributed by atoms with E-state index in [2.05, 4.69) is 4.90 Å². The second kappa shape index (κ2) is 15.1. The number of nitriles is 2. The molecule has 0 saturated carbocycles. The number of ether oxygens (including phenoxy) is 3. The van der Waals surface area contributed by atoms with E-state index in [-0.39, 0.29) is 39.8 Å². The van der Waals surface area contributed by atoms with E-state index in [1.54, 1.807) is 18.2 Å². The van der Waals surface area contributed by atoms with Crippen LogP contribution in [0.1, 0.15) is 42.7 Å². The Morgan fingerprint density at radius 2 is 1.63 bits per heavy atom. The fourth-order valence-corrected chi connectivity index (χ4v) is 6.42. The molecule has 0 amide bonds. The van der Waals surface area contributed by atoms with Gasteiger partial charge in [0.1, 0.15) is 16.8 Å². The second-order valence-corrected chi connectivity index (χ2v) is 10.6. The molecule has 0 bridgehead atoms. The van der Waals surface area contributed by atoms with E-state index in [1.807, 2.05) is 48.5 Å². The van der Waals surface area contributed by atoms with Gasteiger partial charge in [0.2, 0.25) is 0 Å². The summed E-state index contributed by atoms with van der Waals surface area (Å²) in [5, 5.41) is 18.8. The van der Waals surface area contributed by atoms with E-state index in [9.17, 15) is 29.7 Å². The van der Waals surface area contributed by atoms with Gasteiger partial charge in [-0.1, -0.05) is 24.3 Å². The van der Waals surface area contributed by atoms with E-state index in [1.165, 1.54) is 0 Å². The number of nitrogens with zero attached hydrogens (tertiary/aromatic N) is 4. The first-order chi connectivity index (χ1) is 21.1. The summed E-state index contributed by atoms with van der Waals surface area (Å²) >= 11 is 0.970. The van der Waals surface area contributed by atoms with Crippen LogP contribution in [0.5, 0.6) is 0 Å². The van der Waals surface area contributed by atoms with Crippen molar-refractivity contribution in [1.82, 2.24) is 4.57 Å². The Hall–Kier alpha value is -5.20. The first kappa shape index (κ1) is 30.8. The van der Waals surface area contributed by atoms with Gasteiger partial charge in [0.15, 0.2) is 12.3 Å². The van der Waals surface area contributed by atoms with Crippen LogP contribution in [0.2, 0.25) is 0 Å². The highest BCUT2D eigenvalue weighted by Gasteiger charge is 2.38. The van der Waals surface area contributed by atoms with Crippen LogP contribution in [0.15, 0.2) is 53.3 Å². The topological polar surface area (TPSA) is 152 Å². The maximum Gasteiger partial charge on any atom is 0.294 e. The SMILES string of the molecule is N#CC(C#N)=c1s/c(=C/c2ccc3c(c2)C(CCCCOC=O)C(CCOC=O)N3c2ccccc2)c(=O)n1COC=O. The number of carbonyl (C=O) groups excluding carboxylic acids is 3. The van der Waals surface area contributed by atoms with Gasteiger partial charge in [-0.25, -0.2) is 0 Å². The van der Waals surface area contributed by atoms with E-state index >= 15 is 0 Å². The van der Waals surface area contributed by atoms with Crippen LogP contribution in [-0.4, -0.2) is 43.2 Å². The summed E-state index contributed by atoms with van der Waals surface area (Å²) in [4.78, 5) is 47.8. The lowest BCUT2D eigenvalue weighted by Crippen LogP contribution is -2.32. The number of thiazole rings is 1. The number of unbranched alkanes of at least 4 members (excludes halogenated alkanes) is 1. The van der Waals surface area contributed by atoms with Gasteiger partial charge in [0, 0.05) is 29.8 Å². The zero-order chi connectivity index (χ0) is 30.6. The van der Waals surface area contributed by atoms with Crippen molar-refractivity contribution in [2.24, 2.45) is 0 Å². The van der Waals surface area contributed by atoms with Gasteiger partial charge in [-0.15, -0.1) is 11.3 Å². The highest BCUT2D eigenvalue weighted by molar-refractivity contribution is 7.07. The largest absolute Gasteiger partial charge is 0.468 e. The number of benzene rings is 2. The lowest BCUT2D eigenvalue weighted by Gasteiger charge is -2.30. The van der Waals surface area contributed by atoms with Crippen LogP contribution >= 0.6 is 11.3 Å². The lowest BCUT2D eigenvalue weighted by molar-refractivity contribution is -0.132. The van der Waals surface area contributed by atoms with E-state index < -0.39 is 12.3 Å². The molecule has 1 aliphatic heterocycles. The summed E-state index contributed by atoms with van der Waals surface area (Å²) in [6.07, 6.45) is 4.51. The number of anilines is 2. The number of fused-ring (bicyclic) bond motifs is 1. The molecule has 2 aromatic carbocycles. The van der Waals surface area contributed by atoms with E-state index in [0.717, 1.165) is 51.2 Å². The van der Waals surface area contributed by atoms with Gasteiger partial charge < -0.3 is 19.1 Å². The third-order valence-corrected chi connectivity index (χ3v) is 8.28. The van der Waals surface area contributed by atoms with Gasteiger partial charge in [-0.3, -0.25) is 23.7 Å². The maximum absolute atomic E-state index is 13.2. The number of para-hydroxylation sites is 1. The monoisotopic (exact) mass is 600 g/mol. The smallest absolute Gasteiger partial charge is 0.294 e. The van der Waals surface area contributed by atoms with Gasteiger partial charge in [-0.2, -0.15) is 10.5 Å². The Morgan fingerprint density at radius 3 is 2.33 bits per heavy atom. The molecule has 0 N–H and O–H groups in total. The average Bonchev–Trinajstić information content (AvgIpc) is 3.50. The molecule has 0 saturated heterocycles. The third-order valence-electron chi connectivity index (χ3n) is 7.15. The molecule has 220 valence electrons. The van der Waals surface area contributed by atoms with Crippen LogP contribution in [0, 0.1) is 22.7 Å². The van der Waals surface area contributed by atoms with Crippen molar-refractivity contribution < 1.29 is 28.6 Å². The summed E-state index contributed by atoms with van der Waals surface area (Å²) < 4.78 is 16.2. The summed E-state index contributed by atoms with van der Waals surface area (Å²) in [5.41, 5.74) is 3.00. The Morgan fingerprint density at radius 1 is 0.907 bits per heavy atom. The van der Waals surface area contributed by atoms with Crippen LogP contribution in [0.3, 0.4) is 0 Å². The Kier molecular flexibility index (Phi) is 10.8. The summed E-state index contributed by atoms with van der Waals surface area (Å²) in [5.74, 6) is 0.0312. The number of rotatable bonds is 15. The van der Waals surface area contributed by atoms with Crippen molar-refractivity contribution in [3.63, 3.8) is 0 Å². The molecule has 4 rings (SSSR count). The van der Waals surface area contributed by atoms with Gasteiger partial charge in [0.05, 0.1) is 17.7 Å². The second-order valence-electron chi connectivity index (χ2n) is 9.56. The zero-order valence-corrected chi connectivity index (χ0v) is 23.9. The van der Waals surface area contributed by atoms with Crippen LogP contribution in [-0.2, 0) is 35.3 Å². The van der Waals surface area contributed by atoms with Gasteiger partial charge >= 0.3 is 0 Å². The van der Waals surface area contributed by atoms with Crippen molar-refractivity contribution in [2.45, 2.75) is 44.4 Å². The molecular weight excluding hydrogens is 572 g/mol. The summed E-state index contributed by atoms with van der Waals surface area (Å²) in [6, 6.07) is 19.3. The average molecular weight is 601 g/mol. The minimum atomic E-state index is -0.494. The molecule has 0 spiro atoms. The third kappa shape index (κ3) is 7.00. The fraction of sp³-hybridized carbons (Fsp3) is 0.290. The van der Waals surface area contributed by atoms with Crippen molar-refractivity contribution in [3.05, 3.63) is 79.2 Å². The highest BCUT2D eigenvalue weighted by Crippen LogP contribution is 2.48. The molecule has 2 heterocycles. The molecule has 11 nitrogen and oxygen atoms in total. The van der Waals surface area contributed by atoms with Crippen molar-refractivity contribution in [2.75, 3.05) is 18.1 Å². The van der Waals surface area contributed by atoms with Crippen LogP contribution in [0.25, 0.3) is 11.6 Å². The van der Waals surface area contributed by atoms with Crippen molar-refractivity contribution in [3.8, 4) is 12.1 Å². The van der Waals surface area contributed by atoms with Gasteiger partial charge in [0.25, 0.3) is 25.0 Å². The molecule has 3 aromatic rings. The number of hydrogen-bond acceptors (Lipinski definition) is 11. The quantitative estimate of drug-likeness (QED) is 0.145. The molecule has 0 aliphatic carbocycles. The first-order valence-electron chi connectivity index (χ1n) is 13.5. The van der Waals surface area contributed by atoms with Crippen LogP contribution < -0.4 is 19.7 Å². The Labute approximate surface area is 251 Å². The molecule has 1 aliphatic rings. The molecular formula is C31H28N4O7S. The summed E-state index contributed by atoms with van der Waals surface area (Å²) in [6.45, 7) is 1.21. The Balaban J connectivity index is 1.82. The minimum Gasteiger partial charge on any atom is -0.468 e. The standard InChI is InChI=1S/C31H28N4O7S/c32-16-23(17-33)31-34(18-42-21-38)30(39)29(43-31)15-22-9-10-27-26(14-22)25(8-4-5-12-40-19-36)28(11-13-41-20-37)35(27)24-6-2-1-3-7-24/h1-3,6-7,9-10,14-15,19-21,25,28H,4-5,8,11-13,18H2/b29-15+. The molecule has 12 heteroatoms. The molecule has 1 aromatic heterocycles. The minimum absolute atomic E-state index is 0.0312. The van der Waals surface area contributed by atoms with Gasteiger partial charge in [-0.05, 0) is 60.7 Å². The molecule has 0 radical (unpaired) electrons. The number of carbonyl (C=O) groups is 3. The highest BCUT2D eigenvalue weighted by atomic mass is 32.1. The zero-order valence-electron chi connectivity index (χ0n) is 23.1. The molecule has 2 atom stereocenters. The van der Waals surface area contributed by atoms with E-state index in [0.29, 0.717) is 32.4 Å². The number of hydrogen-bond donors (Lipinski definition) is 0. The maximum atomic E-state index is 13.2. The predicted octanol–water partition coefficient (Wildman–Crippen LogP) is 2.58. The molecule has 2 unspecified atom stereocenters. The summed E-state index contributed by atoms with van der Waals surface area (Å²) in [7, 11) is 0. The van der Waals surface area contributed by atoms with Crippen molar-refractivity contribution in [1.29, 1.82) is 10.5 Å². The molecule has 0 fully saturated rings. The predicted molar refractivity (Wildman–Crippen MR) is 157 cm³/mol. The van der Waals surface area contributed by atoms with Crippen LogP contribution in [0.4, 0.5) is 11.4 Å². The molecule has 43 heavy (non-hydrogen) atoms. The Bertz CT molecular complexity index is 1700.